The molecule has 3 N–H and O–H groups in total. The van der Waals surface area contributed by atoms with E-state index in [-0.39, 0.29) is 17.0 Å². The van der Waals surface area contributed by atoms with Crippen molar-refractivity contribution in [1.82, 2.24) is 20.0 Å². The summed E-state index contributed by atoms with van der Waals surface area (Å²) in [7, 11) is -3.78. The van der Waals surface area contributed by atoms with E-state index in [1.807, 2.05) is 6.92 Å². The molecule has 0 bridgehead atoms. The number of hydrogen-bond donors (Lipinski definition) is 2. The van der Waals surface area contributed by atoms with Gasteiger partial charge in [0, 0.05) is 5.38 Å². The van der Waals surface area contributed by atoms with Crippen molar-refractivity contribution in [2.45, 2.75) is 25.3 Å². The molecule has 2 aromatic heterocycles. The first kappa shape index (κ1) is 14.9. The Kier molecular flexibility index (Phi) is 3.59. The molecule has 3 aromatic rings. The van der Waals surface area contributed by atoms with Crippen molar-refractivity contribution in [2.75, 3.05) is 5.73 Å². The maximum absolute atomic E-state index is 12.6. The molecule has 0 aliphatic rings. The van der Waals surface area contributed by atoms with Gasteiger partial charge in [0.05, 0.1) is 12.2 Å². The standard InChI is InChI=1S/C12H13N5O3S2/c1-6-3-7(2)11(10-9(6)16-20-17-10)22(18,19)14-4-8-5-21-12(13)15-8/h3,5,14H,4H2,1-2H3,(H2,13,15). The first-order valence-corrected chi connectivity index (χ1v) is 8.67. The van der Waals surface area contributed by atoms with E-state index in [0.29, 0.717) is 21.9 Å². The minimum absolute atomic E-state index is 0.0517. The van der Waals surface area contributed by atoms with Crippen LogP contribution in [0, 0.1) is 13.8 Å². The number of nitrogen functional groups attached to an aromatic ring is 1. The normalized spacial score (nSPS) is 12.1. The lowest BCUT2D eigenvalue weighted by Crippen LogP contribution is -2.24. The molecule has 0 spiro atoms. The molecule has 0 aliphatic heterocycles. The molecule has 3 rings (SSSR count). The molecule has 10 heteroatoms. The van der Waals surface area contributed by atoms with Gasteiger partial charge >= 0.3 is 0 Å². The van der Waals surface area contributed by atoms with Gasteiger partial charge in [-0.25, -0.2) is 22.8 Å². The van der Waals surface area contributed by atoms with E-state index < -0.39 is 10.0 Å². The Morgan fingerprint density at radius 3 is 2.68 bits per heavy atom. The summed E-state index contributed by atoms with van der Waals surface area (Å²) in [5.74, 6) is 0. The van der Waals surface area contributed by atoms with Crippen LogP contribution in [0.2, 0.25) is 0 Å². The zero-order valence-electron chi connectivity index (χ0n) is 11.8. The van der Waals surface area contributed by atoms with Crippen molar-refractivity contribution in [3.8, 4) is 0 Å². The van der Waals surface area contributed by atoms with E-state index in [9.17, 15) is 8.42 Å². The van der Waals surface area contributed by atoms with Crippen molar-refractivity contribution >= 4 is 37.5 Å². The molecular formula is C12H13N5O3S2. The topological polar surface area (TPSA) is 124 Å². The fourth-order valence-electron chi connectivity index (χ4n) is 2.23. The van der Waals surface area contributed by atoms with Gasteiger partial charge in [-0.05, 0) is 35.3 Å². The number of nitrogens with zero attached hydrogens (tertiary/aromatic N) is 3. The van der Waals surface area contributed by atoms with Gasteiger partial charge in [-0.15, -0.1) is 11.3 Å². The SMILES string of the molecule is Cc1cc(C)c2nonc2c1S(=O)(=O)NCc1csc(N)n1. The molecule has 116 valence electrons. The number of hydrogen-bond acceptors (Lipinski definition) is 8. The van der Waals surface area contributed by atoms with Gasteiger partial charge in [-0.1, -0.05) is 6.07 Å². The lowest BCUT2D eigenvalue weighted by atomic mass is 10.1. The number of aromatic nitrogens is 3. The molecular weight excluding hydrogens is 326 g/mol. The summed E-state index contributed by atoms with van der Waals surface area (Å²) >= 11 is 1.25. The van der Waals surface area contributed by atoms with Crippen LogP contribution in [0.3, 0.4) is 0 Å². The summed E-state index contributed by atoms with van der Waals surface area (Å²) in [5.41, 5.74) is 8.13. The van der Waals surface area contributed by atoms with Crippen LogP contribution in [0.25, 0.3) is 11.0 Å². The largest absolute Gasteiger partial charge is 0.375 e. The lowest BCUT2D eigenvalue weighted by molar-refractivity contribution is 0.315. The Morgan fingerprint density at radius 1 is 1.27 bits per heavy atom. The minimum Gasteiger partial charge on any atom is -0.375 e. The van der Waals surface area contributed by atoms with Gasteiger partial charge in [-0.2, -0.15) is 0 Å². The van der Waals surface area contributed by atoms with Crippen LogP contribution < -0.4 is 10.5 Å². The van der Waals surface area contributed by atoms with Gasteiger partial charge in [0.25, 0.3) is 0 Å². The first-order valence-electron chi connectivity index (χ1n) is 6.30. The van der Waals surface area contributed by atoms with Crippen molar-refractivity contribution < 1.29 is 13.0 Å². The maximum atomic E-state index is 12.6. The molecule has 0 saturated heterocycles. The summed E-state index contributed by atoms with van der Waals surface area (Å²) < 4.78 is 32.3. The molecule has 0 fully saturated rings. The highest BCUT2D eigenvalue weighted by Gasteiger charge is 2.24. The third-order valence-electron chi connectivity index (χ3n) is 3.15. The highest BCUT2D eigenvalue weighted by molar-refractivity contribution is 7.89. The van der Waals surface area contributed by atoms with E-state index in [2.05, 4.69) is 24.6 Å². The second kappa shape index (κ2) is 5.30. The Morgan fingerprint density at radius 2 is 2.00 bits per heavy atom. The predicted octanol–water partition coefficient (Wildman–Crippen LogP) is 1.36. The monoisotopic (exact) mass is 339 g/mol. The summed E-state index contributed by atoms with van der Waals surface area (Å²) in [6.07, 6.45) is 0. The van der Waals surface area contributed by atoms with E-state index in [4.69, 9.17) is 5.73 Å². The molecule has 1 aromatic carbocycles. The van der Waals surface area contributed by atoms with Gasteiger partial charge in [0.1, 0.15) is 10.4 Å². The molecule has 22 heavy (non-hydrogen) atoms. The fraction of sp³-hybridized carbons (Fsp3) is 0.250. The van der Waals surface area contributed by atoms with Crippen LogP contribution in [0.1, 0.15) is 16.8 Å². The number of nitrogens with two attached hydrogens (primary N) is 1. The molecule has 0 atom stereocenters. The average Bonchev–Trinajstić information content (AvgIpc) is 3.05. The Balaban J connectivity index is 2.00. The second-order valence-corrected chi connectivity index (χ2v) is 7.40. The molecule has 0 aliphatic carbocycles. The van der Waals surface area contributed by atoms with Gasteiger partial charge in [-0.3, -0.25) is 0 Å². The molecule has 2 heterocycles. The highest BCUT2D eigenvalue weighted by Crippen LogP contribution is 2.27. The summed E-state index contributed by atoms with van der Waals surface area (Å²) in [6.45, 7) is 3.58. The minimum atomic E-state index is -3.78. The predicted molar refractivity (Wildman–Crippen MR) is 81.8 cm³/mol. The Bertz CT molecular complexity index is 945. The fourth-order valence-corrected chi connectivity index (χ4v) is 4.14. The molecule has 0 amide bonds. The third kappa shape index (κ3) is 2.56. The summed E-state index contributed by atoms with van der Waals surface area (Å²) in [5, 5.41) is 9.57. The lowest BCUT2D eigenvalue weighted by Gasteiger charge is -2.09. The number of thiazole rings is 1. The van der Waals surface area contributed by atoms with Crippen LogP contribution in [0.4, 0.5) is 5.13 Å². The van der Waals surface area contributed by atoms with E-state index in [1.165, 1.54) is 11.3 Å². The summed E-state index contributed by atoms with van der Waals surface area (Å²) in [6, 6.07) is 1.74. The van der Waals surface area contributed by atoms with Crippen molar-refractivity contribution in [2.24, 2.45) is 0 Å². The van der Waals surface area contributed by atoms with Gasteiger partial charge < -0.3 is 5.73 Å². The average molecular weight is 339 g/mol. The zero-order chi connectivity index (χ0) is 15.9. The number of fused-ring (bicyclic) bond motifs is 1. The van der Waals surface area contributed by atoms with Gasteiger partial charge in [0.15, 0.2) is 10.6 Å². The van der Waals surface area contributed by atoms with Crippen LogP contribution in [-0.4, -0.2) is 23.7 Å². The molecule has 8 nitrogen and oxygen atoms in total. The zero-order valence-corrected chi connectivity index (χ0v) is 13.5. The quantitative estimate of drug-likeness (QED) is 0.735. The van der Waals surface area contributed by atoms with E-state index >= 15 is 0 Å². The first-order chi connectivity index (χ1) is 10.4. The van der Waals surface area contributed by atoms with E-state index in [1.54, 1.807) is 18.4 Å². The number of sulfonamides is 1. The molecule has 0 unspecified atom stereocenters. The molecule has 0 saturated carbocycles. The van der Waals surface area contributed by atoms with Crippen LogP contribution in [-0.2, 0) is 16.6 Å². The highest BCUT2D eigenvalue weighted by atomic mass is 32.2. The Labute approximate surface area is 130 Å². The number of benzene rings is 1. The van der Waals surface area contributed by atoms with Crippen molar-refractivity contribution in [3.05, 3.63) is 28.3 Å². The van der Waals surface area contributed by atoms with E-state index in [0.717, 1.165) is 5.56 Å². The Hall–Kier alpha value is -2.04. The third-order valence-corrected chi connectivity index (χ3v) is 5.45. The maximum Gasteiger partial charge on any atom is 0.243 e. The number of rotatable bonds is 4. The molecule has 0 radical (unpaired) electrons. The van der Waals surface area contributed by atoms with Crippen molar-refractivity contribution in [3.63, 3.8) is 0 Å². The summed E-state index contributed by atoms with van der Waals surface area (Å²) in [4.78, 5) is 4.09. The van der Waals surface area contributed by atoms with Crippen LogP contribution in [0.5, 0.6) is 0 Å². The van der Waals surface area contributed by atoms with Crippen molar-refractivity contribution in [1.29, 1.82) is 0 Å². The number of anilines is 1. The smallest absolute Gasteiger partial charge is 0.243 e. The number of aryl methyl sites for hydroxylation is 2. The second-order valence-electron chi connectivity index (χ2n) is 4.80. The number of nitrogens with one attached hydrogen (secondary N) is 1. The van der Waals surface area contributed by atoms with Crippen LogP contribution >= 0.6 is 11.3 Å². The van der Waals surface area contributed by atoms with Gasteiger partial charge in [0.2, 0.25) is 10.0 Å². The van der Waals surface area contributed by atoms with Crippen LogP contribution in [0.15, 0.2) is 21.0 Å².